The number of rotatable bonds is 4. The molecule has 0 aliphatic rings. The first kappa shape index (κ1) is 15.9. The number of nitrogens with two attached hydrogens (primary N) is 1. The molecule has 110 valence electrons. The predicted molar refractivity (Wildman–Crippen MR) is 61.2 cm³/mol. The van der Waals surface area contributed by atoms with Crippen LogP contribution in [0, 0.1) is 0 Å². The Labute approximate surface area is 111 Å². The number of hydroxylamine groups is 1. The van der Waals surface area contributed by atoms with Crippen LogP contribution in [-0.2, 0) is 22.3 Å². The molecule has 0 aromatic heterocycles. The molecule has 9 heteroatoms. The summed E-state index contributed by atoms with van der Waals surface area (Å²) in [6.07, 6.45) is -4.43. The second-order valence-electron chi connectivity index (χ2n) is 3.87. The van der Waals surface area contributed by atoms with E-state index in [4.69, 9.17) is 10.9 Å². The molecule has 1 aromatic rings. The van der Waals surface area contributed by atoms with E-state index < -0.39 is 29.6 Å². The lowest BCUT2D eigenvalue weighted by atomic mass is 10.1. The van der Waals surface area contributed by atoms with Crippen LogP contribution in [-0.4, -0.2) is 23.1 Å². The van der Waals surface area contributed by atoms with Crippen molar-refractivity contribution in [3.63, 3.8) is 0 Å². The molecule has 6 nitrogen and oxygen atoms in total. The SMILES string of the molecule is NC(C(=O)NO)C(=O)NCc1ccc(C(F)(F)F)cc1. The monoisotopic (exact) mass is 291 g/mol. The summed E-state index contributed by atoms with van der Waals surface area (Å²) < 4.78 is 36.9. The van der Waals surface area contributed by atoms with Crippen LogP contribution in [0.5, 0.6) is 0 Å². The summed E-state index contributed by atoms with van der Waals surface area (Å²) in [4.78, 5) is 22.2. The zero-order chi connectivity index (χ0) is 15.3. The maximum atomic E-state index is 12.3. The van der Waals surface area contributed by atoms with Crippen molar-refractivity contribution < 1.29 is 28.0 Å². The van der Waals surface area contributed by atoms with Crippen molar-refractivity contribution in [1.29, 1.82) is 0 Å². The van der Waals surface area contributed by atoms with E-state index in [1.54, 1.807) is 0 Å². The van der Waals surface area contributed by atoms with E-state index in [2.05, 4.69) is 5.32 Å². The summed E-state index contributed by atoms with van der Waals surface area (Å²) in [6.45, 7) is -0.0939. The number of nitrogens with one attached hydrogen (secondary N) is 2. The first-order valence-electron chi connectivity index (χ1n) is 5.39. The van der Waals surface area contributed by atoms with Crippen LogP contribution in [0.25, 0.3) is 0 Å². The van der Waals surface area contributed by atoms with Crippen molar-refractivity contribution >= 4 is 11.8 Å². The fraction of sp³-hybridized carbons (Fsp3) is 0.273. The van der Waals surface area contributed by atoms with E-state index in [-0.39, 0.29) is 6.54 Å². The highest BCUT2D eigenvalue weighted by Gasteiger charge is 2.30. The van der Waals surface area contributed by atoms with Crippen LogP contribution in [0.1, 0.15) is 11.1 Å². The van der Waals surface area contributed by atoms with Gasteiger partial charge in [-0.05, 0) is 17.7 Å². The number of hydrogen-bond donors (Lipinski definition) is 4. The highest BCUT2D eigenvalue weighted by atomic mass is 19.4. The molecule has 0 saturated heterocycles. The van der Waals surface area contributed by atoms with Crippen LogP contribution in [0.2, 0.25) is 0 Å². The molecule has 0 heterocycles. The van der Waals surface area contributed by atoms with E-state index in [9.17, 15) is 22.8 Å². The second-order valence-corrected chi connectivity index (χ2v) is 3.87. The smallest absolute Gasteiger partial charge is 0.350 e. The molecule has 2 amide bonds. The molecule has 0 aliphatic heterocycles. The summed E-state index contributed by atoms with van der Waals surface area (Å²) in [5.41, 5.74) is 6.01. The topological polar surface area (TPSA) is 104 Å². The number of benzene rings is 1. The van der Waals surface area contributed by atoms with Crippen molar-refractivity contribution in [3.05, 3.63) is 35.4 Å². The summed E-state index contributed by atoms with van der Waals surface area (Å²) in [6, 6.07) is 2.54. The Bertz CT molecular complexity index is 488. The summed E-state index contributed by atoms with van der Waals surface area (Å²) >= 11 is 0. The lowest BCUT2D eigenvalue weighted by Crippen LogP contribution is -2.50. The Kier molecular flexibility index (Phi) is 5.06. The maximum absolute atomic E-state index is 12.3. The van der Waals surface area contributed by atoms with Crippen LogP contribution in [0.3, 0.4) is 0 Å². The Morgan fingerprint density at radius 3 is 2.20 bits per heavy atom. The van der Waals surface area contributed by atoms with Gasteiger partial charge in [-0.25, -0.2) is 5.48 Å². The molecule has 5 N–H and O–H groups in total. The quantitative estimate of drug-likeness (QED) is 0.360. The number of alkyl halides is 3. The zero-order valence-corrected chi connectivity index (χ0v) is 10.1. The molecule has 20 heavy (non-hydrogen) atoms. The van der Waals surface area contributed by atoms with Crippen molar-refractivity contribution in [2.75, 3.05) is 0 Å². The normalized spacial score (nSPS) is 12.7. The van der Waals surface area contributed by atoms with E-state index in [0.717, 1.165) is 12.1 Å². The van der Waals surface area contributed by atoms with E-state index in [0.29, 0.717) is 5.56 Å². The van der Waals surface area contributed by atoms with Gasteiger partial charge in [0.05, 0.1) is 5.56 Å². The van der Waals surface area contributed by atoms with Crippen LogP contribution < -0.4 is 16.5 Å². The molecule has 1 rings (SSSR count). The fourth-order valence-electron chi connectivity index (χ4n) is 1.30. The molecule has 0 saturated carbocycles. The third kappa shape index (κ3) is 4.21. The van der Waals surface area contributed by atoms with E-state index >= 15 is 0 Å². The number of halogens is 3. The van der Waals surface area contributed by atoms with Crippen LogP contribution in [0.4, 0.5) is 13.2 Å². The number of carbonyl (C=O) groups excluding carboxylic acids is 2. The average Bonchev–Trinajstić information content (AvgIpc) is 2.42. The van der Waals surface area contributed by atoms with Crippen molar-refractivity contribution in [1.82, 2.24) is 10.8 Å². The number of amides is 2. The van der Waals surface area contributed by atoms with Gasteiger partial charge in [0.2, 0.25) is 5.91 Å². The molecule has 0 aliphatic carbocycles. The minimum absolute atomic E-state index is 0.0939. The highest BCUT2D eigenvalue weighted by Crippen LogP contribution is 2.28. The third-order valence-corrected chi connectivity index (χ3v) is 2.42. The highest BCUT2D eigenvalue weighted by molar-refractivity contribution is 6.03. The number of hydrogen-bond acceptors (Lipinski definition) is 4. The Morgan fingerprint density at radius 1 is 1.20 bits per heavy atom. The summed E-state index contributed by atoms with van der Waals surface area (Å²) in [5.74, 6) is -1.95. The van der Waals surface area contributed by atoms with Gasteiger partial charge >= 0.3 is 6.18 Å². The van der Waals surface area contributed by atoms with Crippen LogP contribution in [0.15, 0.2) is 24.3 Å². The Morgan fingerprint density at radius 2 is 1.75 bits per heavy atom. The van der Waals surface area contributed by atoms with E-state index in [1.165, 1.54) is 17.6 Å². The molecular formula is C11H12F3N3O3. The molecule has 0 radical (unpaired) electrons. The molecule has 0 bridgehead atoms. The largest absolute Gasteiger partial charge is 0.416 e. The summed E-state index contributed by atoms with van der Waals surface area (Å²) in [5, 5.41) is 10.5. The van der Waals surface area contributed by atoms with Crippen molar-refractivity contribution in [3.8, 4) is 0 Å². The van der Waals surface area contributed by atoms with Gasteiger partial charge in [0, 0.05) is 6.54 Å². The lowest BCUT2D eigenvalue weighted by molar-refractivity contribution is -0.138. The molecule has 1 unspecified atom stereocenters. The minimum Gasteiger partial charge on any atom is -0.350 e. The maximum Gasteiger partial charge on any atom is 0.416 e. The zero-order valence-electron chi connectivity index (χ0n) is 10.1. The Hall–Kier alpha value is -2.13. The average molecular weight is 291 g/mol. The van der Waals surface area contributed by atoms with Gasteiger partial charge in [-0.3, -0.25) is 14.8 Å². The minimum atomic E-state index is -4.43. The fourth-order valence-corrected chi connectivity index (χ4v) is 1.30. The first-order valence-corrected chi connectivity index (χ1v) is 5.39. The predicted octanol–water partition coefficient (Wildman–Crippen LogP) is 0.154. The van der Waals surface area contributed by atoms with Crippen molar-refractivity contribution in [2.45, 2.75) is 18.8 Å². The first-order chi connectivity index (χ1) is 9.25. The number of carbonyl (C=O) groups is 2. The van der Waals surface area contributed by atoms with Gasteiger partial charge in [0.1, 0.15) is 0 Å². The van der Waals surface area contributed by atoms with Gasteiger partial charge in [-0.1, -0.05) is 12.1 Å². The third-order valence-electron chi connectivity index (χ3n) is 2.42. The lowest BCUT2D eigenvalue weighted by Gasteiger charge is -2.11. The van der Waals surface area contributed by atoms with Gasteiger partial charge < -0.3 is 11.1 Å². The van der Waals surface area contributed by atoms with Gasteiger partial charge in [0.25, 0.3) is 5.91 Å². The van der Waals surface area contributed by atoms with Crippen LogP contribution >= 0.6 is 0 Å². The molecule has 1 atom stereocenters. The van der Waals surface area contributed by atoms with Gasteiger partial charge in [-0.15, -0.1) is 0 Å². The summed E-state index contributed by atoms with van der Waals surface area (Å²) in [7, 11) is 0. The van der Waals surface area contributed by atoms with Gasteiger partial charge in [0.15, 0.2) is 6.04 Å². The van der Waals surface area contributed by atoms with E-state index in [1.807, 2.05) is 0 Å². The molecule has 0 fully saturated rings. The molecule has 1 aromatic carbocycles. The standard InChI is InChI=1S/C11H12F3N3O3/c12-11(13,14)7-3-1-6(2-4-7)5-16-9(18)8(15)10(19)17-20/h1-4,8,20H,5,15H2,(H,16,18)(H,17,19). The molecule has 0 spiro atoms. The van der Waals surface area contributed by atoms with Gasteiger partial charge in [-0.2, -0.15) is 13.2 Å². The second kappa shape index (κ2) is 6.35. The Balaban J connectivity index is 2.58. The molecular weight excluding hydrogens is 279 g/mol. The van der Waals surface area contributed by atoms with Crippen molar-refractivity contribution in [2.24, 2.45) is 5.73 Å².